The minimum Gasteiger partial charge on any atom is -0.469 e. The third-order valence-electron chi connectivity index (χ3n) is 4.54. The summed E-state index contributed by atoms with van der Waals surface area (Å²) in [5, 5.41) is 6.93. The van der Waals surface area contributed by atoms with E-state index in [0.29, 0.717) is 0 Å². The van der Waals surface area contributed by atoms with E-state index >= 15 is 0 Å². The van der Waals surface area contributed by atoms with Gasteiger partial charge in [-0.15, -0.1) is 24.0 Å². The predicted octanol–water partition coefficient (Wildman–Crippen LogP) is 3.70. The number of likely N-dealkylation sites (N-methyl/N-ethyl adjacent to an activating group) is 1. The van der Waals surface area contributed by atoms with Gasteiger partial charge in [0, 0.05) is 39.8 Å². The van der Waals surface area contributed by atoms with Crippen molar-refractivity contribution in [2.24, 2.45) is 4.99 Å². The van der Waals surface area contributed by atoms with Crippen molar-refractivity contribution in [3.63, 3.8) is 0 Å². The van der Waals surface area contributed by atoms with Crippen LogP contribution in [0, 0.1) is 0 Å². The van der Waals surface area contributed by atoms with E-state index in [1.54, 1.807) is 13.4 Å². The Morgan fingerprint density at radius 1 is 1.17 bits per heavy atom. The van der Waals surface area contributed by atoms with E-state index in [-0.39, 0.29) is 30.0 Å². The molecule has 0 spiro atoms. The Kier molecular flexibility index (Phi) is 13.4. The van der Waals surface area contributed by atoms with Crippen LogP contribution >= 0.6 is 24.0 Å². The molecule has 162 valence electrons. The first-order valence-corrected chi connectivity index (χ1v) is 9.98. The van der Waals surface area contributed by atoms with Crippen molar-refractivity contribution in [1.82, 2.24) is 15.5 Å². The maximum Gasteiger partial charge on any atom is 0.191 e. The van der Waals surface area contributed by atoms with E-state index in [2.05, 4.69) is 53.8 Å². The first kappa shape index (κ1) is 25.5. The molecule has 0 amide bonds. The standard InChI is InChI=1S/C22H34N4O2.HI/c1-19(20-9-5-4-6-10-20)25-22(23-13-12-21-11-7-18-28-21)24-14-16-26(2)15-8-17-27-3;/h4-7,9-11,18-19H,8,12-17H2,1-3H3,(H2,23,24,25);1H. The zero-order valence-corrected chi connectivity index (χ0v) is 20.1. The normalized spacial score (nSPS) is 12.5. The minimum absolute atomic E-state index is 0. The van der Waals surface area contributed by atoms with Crippen LogP contribution in [-0.4, -0.2) is 57.8 Å². The molecule has 0 saturated heterocycles. The molecule has 0 aliphatic rings. The average Bonchev–Trinajstić information content (AvgIpc) is 3.22. The van der Waals surface area contributed by atoms with Gasteiger partial charge in [-0.1, -0.05) is 30.3 Å². The van der Waals surface area contributed by atoms with Gasteiger partial charge in [-0.25, -0.2) is 0 Å². The first-order chi connectivity index (χ1) is 13.7. The van der Waals surface area contributed by atoms with Crippen molar-refractivity contribution >= 4 is 29.9 Å². The average molecular weight is 514 g/mol. The molecule has 29 heavy (non-hydrogen) atoms. The van der Waals surface area contributed by atoms with Crippen LogP contribution in [0.15, 0.2) is 58.1 Å². The molecule has 1 aromatic heterocycles. The molecule has 0 saturated carbocycles. The molecule has 0 radical (unpaired) electrons. The molecule has 0 bridgehead atoms. The molecule has 1 aromatic carbocycles. The monoisotopic (exact) mass is 514 g/mol. The van der Waals surface area contributed by atoms with Crippen LogP contribution in [-0.2, 0) is 11.2 Å². The van der Waals surface area contributed by atoms with Gasteiger partial charge >= 0.3 is 0 Å². The maximum absolute atomic E-state index is 5.41. The van der Waals surface area contributed by atoms with Gasteiger partial charge in [0.05, 0.1) is 18.8 Å². The second-order valence-corrected chi connectivity index (χ2v) is 6.91. The number of hydrogen-bond donors (Lipinski definition) is 2. The van der Waals surface area contributed by atoms with E-state index in [9.17, 15) is 0 Å². The summed E-state index contributed by atoms with van der Waals surface area (Å²) in [4.78, 5) is 7.05. The Morgan fingerprint density at radius 3 is 2.66 bits per heavy atom. The molecule has 2 N–H and O–H groups in total. The number of methoxy groups -OCH3 is 1. The fourth-order valence-electron chi connectivity index (χ4n) is 2.86. The summed E-state index contributed by atoms with van der Waals surface area (Å²) in [6.07, 6.45) is 3.57. The molecule has 1 atom stereocenters. The fraction of sp³-hybridized carbons (Fsp3) is 0.500. The molecule has 6 nitrogen and oxygen atoms in total. The number of hydrogen-bond acceptors (Lipinski definition) is 4. The van der Waals surface area contributed by atoms with Gasteiger partial charge < -0.3 is 24.7 Å². The predicted molar refractivity (Wildman–Crippen MR) is 130 cm³/mol. The highest BCUT2D eigenvalue weighted by Crippen LogP contribution is 2.10. The largest absolute Gasteiger partial charge is 0.469 e. The number of benzene rings is 1. The van der Waals surface area contributed by atoms with Crippen molar-refractivity contribution in [3.05, 3.63) is 60.1 Å². The number of nitrogens with one attached hydrogen (secondary N) is 2. The van der Waals surface area contributed by atoms with E-state index in [0.717, 1.165) is 57.3 Å². The quantitative estimate of drug-likeness (QED) is 0.196. The van der Waals surface area contributed by atoms with Crippen LogP contribution in [0.3, 0.4) is 0 Å². The lowest BCUT2D eigenvalue weighted by Crippen LogP contribution is -2.40. The Hall–Kier alpha value is -1.58. The van der Waals surface area contributed by atoms with E-state index in [1.807, 2.05) is 18.2 Å². The Bertz CT molecular complexity index is 665. The molecule has 1 heterocycles. The number of nitrogens with zero attached hydrogens (tertiary/aromatic N) is 2. The zero-order chi connectivity index (χ0) is 20.0. The molecule has 2 rings (SSSR count). The van der Waals surface area contributed by atoms with Gasteiger partial charge in [-0.3, -0.25) is 4.99 Å². The Morgan fingerprint density at radius 2 is 1.97 bits per heavy atom. The lowest BCUT2D eigenvalue weighted by Gasteiger charge is -2.20. The minimum atomic E-state index is 0. The van der Waals surface area contributed by atoms with Crippen LogP contribution in [0.4, 0.5) is 0 Å². The van der Waals surface area contributed by atoms with Crippen LogP contribution in [0.25, 0.3) is 0 Å². The maximum atomic E-state index is 5.41. The second-order valence-electron chi connectivity index (χ2n) is 6.91. The topological polar surface area (TPSA) is 62.0 Å². The van der Waals surface area contributed by atoms with Crippen molar-refractivity contribution in [1.29, 1.82) is 0 Å². The highest BCUT2D eigenvalue weighted by atomic mass is 127. The van der Waals surface area contributed by atoms with Gasteiger partial charge in [-0.05, 0) is 38.1 Å². The van der Waals surface area contributed by atoms with Crippen LogP contribution < -0.4 is 10.6 Å². The van der Waals surface area contributed by atoms with Gasteiger partial charge in [0.2, 0.25) is 0 Å². The molecule has 0 fully saturated rings. The molecule has 0 aliphatic heterocycles. The highest BCUT2D eigenvalue weighted by molar-refractivity contribution is 14.0. The first-order valence-electron chi connectivity index (χ1n) is 9.98. The third-order valence-corrected chi connectivity index (χ3v) is 4.54. The van der Waals surface area contributed by atoms with Crippen molar-refractivity contribution in [2.75, 3.05) is 46.9 Å². The second kappa shape index (κ2) is 15.3. The lowest BCUT2D eigenvalue weighted by atomic mass is 10.1. The number of furan rings is 1. The molecule has 7 heteroatoms. The molecular formula is C22H35IN4O2. The van der Waals surface area contributed by atoms with Gasteiger partial charge in [0.1, 0.15) is 5.76 Å². The summed E-state index contributed by atoms with van der Waals surface area (Å²) in [6.45, 7) is 6.37. The number of aliphatic imine (C=N–C) groups is 1. The van der Waals surface area contributed by atoms with Crippen LogP contribution in [0.5, 0.6) is 0 Å². The summed E-state index contributed by atoms with van der Waals surface area (Å²) in [6, 6.07) is 14.5. The fourth-order valence-corrected chi connectivity index (χ4v) is 2.86. The summed E-state index contributed by atoms with van der Waals surface area (Å²) in [5.74, 6) is 1.80. The summed E-state index contributed by atoms with van der Waals surface area (Å²) in [5.41, 5.74) is 1.24. The Balaban J connectivity index is 0.00000420. The van der Waals surface area contributed by atoms with Crippen molar-refractivity contribution in [2.45, 2.75) is 25.8 Å². The van der Waals surface area contributed by atoms with E-state index < -0.39 is 0 Å². The number of guanidine groups is 1. The SMILES string of the molecule is COCCCN(C)CCN=C(NCCc1ccco1)NC(C)c1ccccc1.I. The lowest BCUT2D eigenvalue weighted by molar-refractivity contribution is 0.180. The van der Waals surface area contributed by atoms with Crippen LogP contribution in [0.1, 0.15) is 30.7 Å². The van der Waals surface area contributed by atoms with E-state index in [4.69, 9.17) is 14.1 Å². The Labute approximate surface area is 192 Å². The summed E-state index contributed by atoms with van der Waals surface area (Å²) in [7, 11) is 3.86. The summed E-state index contributed by atoms with van der Waals surface area (Å²) < 4.78 is 10.5. The number of ether oxygens (including phenoxy) is 1. The summed E-state index contributed by atoms with van der Waals surface area (Å²) >= 11 is 0. The number of halogens is 1. The van der Waals surface area contributed by atoms with Crippen molar-refractivity contribution in [3.8, 4) is 0 Å². The smallest absolute Gasteiger partial charge is 0.191 e. The highest BCUT2D eigenvalue weighted by Gasteiger charge is 2.08. The van der Waals surface area contributed by atoms with Crippen LogP contribution in [0.2, 0.25) is 0 Å². The van der Waals surface area contributed by atoms with Gasteiger partial charge in [-0.2, -0.15) is 0 Å². The third kappa shape index (κ3) is 10.7. The molecular weight excluding hydrogens is 479 g/mol. The molecule has 1 unspecified atom stereocenters. The molecule has 2 aromatic rings. The molecule has 0 aliphatic carbocycles. The van der Waals surface area contributed by atoms with Gasteiger partial charge in [0.25, 0.3) is 0 Å². The number of rotatable bonds is 12. The van der Waals surface area contributed by atoms with E-state index in [1.165, 1.54) is 5.56 Å². The zero-order valence-electron chi connectivity index (χ0n) is 17.8. The van der Waals surface area contributed by atoms with Crippen molar-refractivity contribution < 1.29 is 9.15 Å². The van der Waals surface area contributed by atoms with Gasteiger partial charge in [0.15, 0.2) is 5.96 Å².